The monoisotopic (exact) mass is 956 g/mol. The second-order valence-electron chi connectivity index (χ2n) is 23.1. The summed E-state index contributed by atoms with van der Waals surface area (Å²) >= 11 is 6.22. The number of carbonyl (C=O) groups excluding carboxylic acids is 3. The maximum absolute atomic E-state index is 14.3. The Bertz CT molecular complexity index is 2270. The molecule has 1 aromatic carbocycles. The number of ether oxygens (including phenoxy) is 1. The molecule has 2 aromatic rings. The Hall–Kier alpha value is -3.37. The molecule has 0 saturated heterocycles. The van der Waals surface area contributed by atoms with Crippen LogP contribution in [0.1, 0.15) is 132 Å². The van der Waals surface area contributed by atoms with Gasteiger partial charge in [-0.3, -0.25) is 19.1 Å². The molecule has 7 rings (SSSR count). The third kappa shape index (κ3) is 8.92. The smallest absolute Gasteiger partial charge is 0.307 e. The lowest BCUT2D eigenvalue weighted by Gasteiger charge is -2.72. The maximum Gasteiger partial charge on any atom is 0.307 e. The van der Waals surface area contributed by atoms with E-state index in [4.69, 9.17) is 31.7 Å². The first kappa shape index (κ1) is 53.0. The number of nitrogens with zero attached hydrogens (tertiary/aromatic N) is 2. The number of halogens is 1. The number of carbonyl (C=O) groups is 3. The van der Waals surface area contributed by atoms with Crippen molar-refractivity contribution in [1.29, 1.82) is 0 Å². The summed E-state index contributed by atoms with van der Waals surface area (Å²) in [7, 11) is 3.66. The third-order valence-electron chi connectivity index (χ3n) is 18.3. The van der Waals surface area contributed by atoms with Crippen LogP contribution in [0.15, 0.2) is 46.3 Å². The summed E-state index contributed by atoms with van der Waals surface area (Å²) in [6.45, 7) is 19.0. The summed E-state index contributed by atoms with van der Waals surface area (Å²) in [5, 5.41) is 58.9. The van der Waals surface area contributed by atoms with Gasteiger partial charge in [-0.15, -0.1) is 0 Å². The molecule has 0 spiro atoms. The summed E-state index contributed by atoms with van der Waals surface area (Å²) < 4.78 is 9.86. The Morgan fingerprint density at radius 1 is 0.896 bits per heavy atom. The van der Waals surface area contributed by atoms with Gasteiger partial charge < -0.3 is 45.5 Å². The number of aliphatic carboxylic acids is 1. The molecule has 0 radical (unpaired) electrons. The van der Waals surface area contributed by atoms with Gasteiger partial charge in [0.05, 0.1) is 31.5 Å². The molecular weight excluding hydrogens is 878 g/mol. The van der Waals surface area contributed by atoms with E-state index < -0.39 is 53.8 Å². The minimum absolute atomic E-state index is 0.0211. The van der Waals surface area contributed by atoms with Crippen LogP contribution >= 0.6 is 11.6 Å². The van der Waals surface area contributed by atoms with Crippen LogP contribution in [0, 0.1) is 50.7 Å². The summed E-state index contributed by atoms with van der Waals surface area (Å²) in [5.74, 6) is -0.370. The highest BCUT2D eigenvalue weighted by Crippen LogP contribution is 2.77. The molecule has 5 aliphatic rings. The van der Waals surface area contributed by atoms with Crippen molar-refractivity contribution >= 4 is 29.3 Å². The van der Waals surface area contributed by atoms with Gasteiger partial charge in [0.25, 0.3) is 5.56 Å². The number of aliphatic hydroxyl groups is 5. The molecule has 4 fully saturated rings. The Morgan fingerprint density at radius 2 is 1.52 bits per heavy atom. The average molecular weight is 957 g/mol. The quantitative estimate of drug-likeness (QED) is 0.159. The van der Waals surface area contributed by atoms with Crippen molar-refractivity contribution in [3.05, 3.63) is 62.5 Å². The number of fused-ring (bicyclic) bond motifs is 7. The molecule has 0 bridgehead atoms. The molecule has 14 nitrogen and oxygen atoms in total. The minimum atomic E-state index is -1.53. The van der Waals surface area contributed by atoms with Gasteiger partial charge in [-0.25, -0.2) is 4.68 Å². The van der Waals surface area contributed by atoms with Gasteiger partial charge in [0.1, 0.15) is 37.1 Å². The lowest BCUT2D eigenvalue weighted by Crippen LogP contribution is -2.83. The number of benzene rings is 1. The number of Topliss-reactive ketones (excluding diaryl/α,β-unsaturated/α-hetero) is 1. The normalized spacial score (nSPS) is 33.0. The number of esters is 1. The van der Waals surface area contributed by atoms with E-state index in [-0.39, 0.29) is 63.9 Å². The number of aromatic nitrogens is 2. The molecular formula is C52H78ClN3O11. The van der Waals surface area contributed by atoms with E-state index in [1.807, 2.05) is 23.9 Å². The van der Waals surface area contributed by atoms with Crippen molar-refractivity contribution < 1.29 is 55.1 Å². The van der Waals surface area contributed by atoms with Gasteiger partial charge in [-0.05, 0) is 127 Å². The molecule has 15 heteroatoms. The minimum Gasteiger partial charge on any atom is -0.550 e. The van der Waals surface area contributed by atoms with Crippen molar-refractivity contribution in [3.63, 3.8) is 0 Å². The first-order chi connectivity index (χ1) is 31.1. The van der Waals surface area contributed by atoms with Crippen LogP contribution in [0.4, 0.5) is 0 Å². The first-order valence-corrected chi connectivity index (χ1v) is 24.8. The molecule has 1 heterocycles. The lowest BCUT2D eigenvalue weighted by molar-refractivity contribution is -0.635. The van der Waals surface area contributed by atoms with E-state index in [1.165, 1.54) is 19.4 Å². The second-order valence-corrected chi connectivity index (χ2v) is 23.5. The molecule has 1 aromatic heterocycles. The van der Waals surface area contributed by atoms with E-state index in [2.05, 4.69) is 48.5 Å². The SMILES string of the molecule is CC(C)C1=C2[C@H]3CC[C@@H]4[C@@]5(C)CC[C@H](OC(=O)CC(C)(C)C(=O)[O-])C(C)(C)[C@@H]5CC[C@@]4(C)[C@]3(C)CC[C@@]2(c2cc(=O)n(-c3ccc(Cl)cc3)n2C)CC1=O.C[NH2+]CC(O)C(O)C(O)C(O)CO. The number of ketones is 1. The van der Waals surface area contributed by atoms with Gasteiger partial charge in [-0.2, -0.15) is 0 Å². The van der Waals surface area contributed by atoms with Gasteiger partial charge in [0.15, 0.2) is 5.78 Å². The second kappa shape index (κ2) is 19.1. The zero-order valence-corrected chi connectivity index (χ0v) is 42.4. The highest BCUT2D eigenvalue weighted by atomic mass is 35.5. The predicted molar refractivity (Wildman–Crippen MR) is 252 cm³/mol. The van der Waals surface area contributed by atoms with Crippen LogP contribution in [-0.4, -0.2) is 103 Å². The number of likely N-dealkylation sites (N-methyl/N-ethyl adjacent to an activating group) is 1. The standard InChI is InChI=1S/C45H61ClN2O6.C7H17NO5/c1-26(2)37-30(49)24-45(33-23-35(50)48(47(33)10)28-13-11-27(46)12-14-28)22-21-43(8)29(38(37)45)15-16-32-42(7)19-18-34(54-36(51)25-40(3,4)39(52)53)41(5,6)31(42)17-20-44(32,43)9;1-8-2-4(10)6(12)7(13)5(11)3-9/h11-14,23,26,29,31-32,34H,15-22,24-25H2,1-10H3,(H,52,53);4-13H,2-3H2,1H3/t29-,31+,32-,34+,42+,43-,44-,45+;/m1./s1. The molecule has 67 heavy (non-hydrogen) atoms. The van der Waals surface area contributed by atoms with Gasteiger partial charge in [0.2, 0.25) is 0 Å². The van der Waals surface area contributed by atoms with E-state index in [0.717, 1.165) is 68.3 Å². The number of allylic oxidation sites excluding steroid dienone is 2. The molecule has 0 amide bonds. The first-order valence-electron chi connectivity index (χ1n) is 24.4. The average Bonchev–Trinajstić information content (AvgIpc) is 3.73. The van der Waals surface area contributed by atoms with Crippen LogP contribution < -0.4 is 16.0 Å². The number of rotatable bonds is 13. The number of hydrogen-bond acceptors (Lipinski definition) is 11. The molecule has 7 N–H and O–H groups in total. The Balaban J connectivity index is 0.000000498. The predicted octanol–water partition coefficient (Wildman–Crippen LogP) is 3.76. The third-order valence-corrected chi connectivity index (χ3v) is 18.5. The van der Waals surface area contributed by atoms with Gasteiger partial charge in [-0.1, -0.05) is 73.9 Å². The van der Waals surface area contributed by atoms with Crippen molar-refractivity contribution in [2.45, 2.75) is 162 Å². The molecule has 5 aliphatic carbocycles. The zero-order chi connectivity index (χ0) is 50.0. The topological polar surface area (TPSA) is 228 Å². The van der Waals surface area contributed by atoms with Crippen LogP contribution in [0.5, 0.6) is 0 Å². The van der Waals surface area contributed by atoms with Crippen molar-refractivity contribution in [3.8, 4) is 5.69 Å². The fourth-order valence-electron chi connectivity index (χ4n) is 14.6. The van der Waals surface area contributed by atoms with Crippen LogP contribution in [-0.2, 0) is 31.6 Å². The number of hydrogen-bond donors (Lipinski definition) is 6. The van der Waals surface area contributed by atoms with Crippen molar-refractivity contribution in [2.75, 3.05) is 20.2 Å². The Kier molecular flexibility index (Phi) is 15.1. The molecule has 12 atom stereocenters. The fourth-order valence-corrected chi connectivity index (χ4v) is 14.7. The van der Waals surface area contributed by atoms with Crippen LogP contribution in [0.2, 0.25) is 5.02 Å². The van der Waals surface area contributed by atoms with Gasteiger partial charge in [0, 0.05) is 46.8 Å². The molecule has 0 aliphatic heterocycles. The fraction of sp³-hybridized carbons (Fsp3) is 0.731. The zero-order valence-electron chi connectivity index (χ0n) is 41.6. The molecule has 4 saturated carbocycles. The van der Waals surface area contributed by atoms with E-state index in [1.54, 1.807) is 35.2 Å². The summed E-state index contributed by atoms with van der Waals surface area (Å²) in [4.78, 5) is 52.9. The number of quaternary nitrogens is 1. The summed E-state index contributed by atoms with van der Waals surface area (Å²) in [5.41, 5.74) is 1.81. The maximum atomic E-state index is 14.3. The lowest BCUT2D eigenvalue weighted by atomic mass is 9.33. The molecule has 4 unspecified atom stereocenters. The summed E-state index contributed by atoms with van der Waals surface area (Å²) in [6, 6.07) is 9.14. The number of carboxylic acid groups (broad SMARTS) is 1. The van der Waals surface area contributed by atoms with Crippen LogP contribution in [0.25, 0.3) is 5.69 Å². The van der Waals surface area contributed by atoms with E-state index in [9.17, 15) is 34.5 Å². The van der Waals surface area contributed by atoms with E-state index in [0.29, 0.717) is 23.3 Å². The number of nitrogens with two attached hydrogens (primary N) is 1. The summed E-state index contributed by atoms with van der Waals surface area (Å²) in [6.07, 6.45) is 2.06. The highest BCUT2D eigenvalue weighted by Gasteiger charge is 2.70. The van der Waals surface area contributed by atoms with Crippen LogP contribution in [0.3, 0.4) is 0 Å². The number of aliphatic hydroxyl groups excluding tert-OH is 5. The highest BCUT2D eigenvalue weighted by molar-refractivity contribution is 6.30. The van der Waals surface area contributed by atoms with Crippen molar-refractivity contribution in [1.82, 2.24) is 9.36 Å². The van der Waals surface area contributed by atoms with Gasteiger partial charge >= 0.3 is 5.97 Å². The Labute approximate surface area is 401 Å². The Morgan fingerprint density at radius 3 is 2.10 bits per heavy atom. The molecule has 374 valence electrons. The van der Waals surface area contributed by atoms with E-state index >= 15 is 0 Å². The number of carboxylic acids is 1. The largest absolute Gasteiger partial charge is 0.550 e. The van der Waals surface area contributed by atoms with Crippen molar-refractivity contribution in [2.24, 2.45) is 57.8 Å².